The Kier molecular flexibility index (Phi) is 3.42. The second kappa shape index (κ2) is 5.53. The van der Waals surface area contributed by atoms with Gasteiger partial charge in [0.1, 0.15) is 0 Å². The molecule has 0 amide bonds. The molecule has 3 aromatic rings. The largest absolute Gasteiger partial charge is 0.295 e. The molecule has 1 aromatic heterocycles. The summed E-state index contributed by atoms with van der Waals surface area (Å²) in [6.45, 7) is 0.519. The molecule has 0 N–H and O–H groups in total. The van der Waals surface area contributed by atoms with E-state index in [1.165, 1.54) is 0 Å². The molecular formula is C17H14N2O. The Balaban J connectivity index is 1.87. The van der Waals surface area contributed by atoms with Gasteiger partial charge in [-0.1, -0.05) is 54.6 Å². The molecule has 2 aromatic carbocycles. The third-order valence-corrected chi connectivity index (χ3v) is 3.14. The van der Waals surface area contributed by atoms with Gasteiger partial charge in [-0.25, -0.2) is 4.98 Å². The number of hydrogen-bond donors (Lipinski definition) is 0. The van der Waals surface area contributed by atoms with Gasteiger partial charge in [0.05, 0.1) is 17.2 Å². The van der Waals surface area contributed by atoms with Crippen LogP contribution in [0.4, 0.5) is 0 Å². The zero-order valence-corrected chi connectivity index (χ0v) is 10.9. The van der Waals surface area contributed by atoms with Gasteiger partial charge >= 0.3 is 0 Å². The molecule has 0 saturated carbocycles. The van der Waals surface area contributed by atoms with Crippen molar-refractivity contribution >= 4 is 17.0 Å². The summed E-state index contributed by atoms with van der Waals surface area (Å²) in [6.07, 6.45) is 5.56. The van der Waals surface area contributed by atoms with Crippen LogP contribution in [0.15, 0.2) is 71.8 Å². The van der Waals surface area contributed by atoms with Crippen molar-refractivity contribution in [3.8, 4) is 0 Å². The zero-order chi connectivity index (χ0) is 13.8. The molecule has 1 heterocycles. The minimum absolute atomic E-state index is 0.00619. The number of aromatic nitrogens is 2. The van der Waals surface area contributed by atoms with Crippen molar-refractivity contribution in [2.24, 2.45) is 0 Å². The van der Waals surface area contributed by atoms with E-state index in [0.717, 1.165) is 11.1 Å². The van der Waals surface area contributed by atoms with Crippen LogP contribution in [0.1, 0.15) is 5.56 Å². The van der Waals surface area contributed by atoms with E-state index < -0.39 is 0 Å². The van der Waals surface area contributed by atoms with E-state index in [-0.39, 0.29) is 5.56 Å². The highest BCUT2D eigenvalue weighted by Crippen LogP contribution is 2.05. The molecule has 20 heavy (non-hydrogen) atoms. The first-order valence-electron chi connectivity index (χ1n) is 6.50. The molecule has 0 aliphatic rings. The van der Waals surface area contributed by atoms with E-state index >= 15 is 0 Å². The lowest BCUT2D eigenvalue weighted by Gasteiger charge is -2.03. The Labute approximate surface area is 116 Å². The number of hydrogen-bond acceptors (Lipinski definition) is 2. The molecule has 3 heteroatoms. The van der Waals surface area contributed by atoms with Crippen LogP contribution in [0.3, 0.4) is 0 Å². The van der Waals surface area contributed by atoms with E-state index in [1.54, 1.807) is 10.9 Å². The van der Waals surface area contributed by atoms with Crippen LogP contribution < -0.4 is 5.56 Å². The minimum Gasteiger partial charge on any atom is -0.295 e. The SMILES string of the molecule is O=c1c2ccccc2ncn1CC=Cc1ccccc1. The fourth-order valence-electron chi connectivity index (χ4n) is 2.10. The molecule has 3 rings (SSSR count). The highest BCUT2D eigenvalue weighted by molar-refractivity contribution is 5.76. The lowest BCUT2D eigenvalue weighted by molar-refractivity contribution is 0.769. The Hall–Kier alpha value is -2.68. The molecule has 0 bridgehead atoms. The van der Waals surface area contributed by atoms with Crippen molar-refractivity contribution in [2.45, 2.75) is 6.54 Å². The predicted octanol–water partition coefficient (Wildman–Crippen LogP) is 3.11. The standard InChI is InChI=1S/C17H14N2O/c20-17-15-10-4-5-11-16(15)18-13-19(17)12-6-9-14-7-2-1-3-8-14/h1-11,13H,12H2. The van der Waals surface area contributed by atoms with Crippen LogP contribution in [0.2, 0.25) is 0 Å². The van der Waals surface area contributed by atoms with Gasteiger partial charge in [-0.2, -0.15) is 0 Å². The average molecular weight is 262 g/mol. The Morgan fingerprint density at radius 3 is 2.60 bits per heavy atom. The van der Waals surface area contributed by atoms with Gasteiger partial charge in [0.2, 0.25) is 0 Å². The summed E-state index contributed by atoms with van der Waals surface area (Å²) in [5.41, 5.74) is 1.85. The molecule has 0 spiro atoms. The van der Waals surface area contributed by atoms with E-state index in [2.05, 4.69) is 4.98 Å². The van der Waals surface area contributed by atoms with Crippen molar-refractivity contribution in [3.63, 3.8) is 0 Å². The molecule has 0 atom stereocenters. The Morgan fingerprint density at radius 2 is 1.75 bits per heavy atom. The molecule has 3 nitrogen and oxygen atoms in total. The number of nitrogens with zero attached hydrogens (tertiary/aromatic N) is 2. The quantitative estimate of drug-likeness (QED) is 0.727. The fourth-order valence-corrected chi connectivity index (χ4v) is 2.10. The van der Waals surface area contributed by atoms with Crippen molar-refractivity contribution in [1.29, 1.82) is 0 Å². The number of benzene rings is 2. The molecule has 98 valence electrons. The monoisotopic (exact) mass is 262 g/mol. The Bertz CT molecular complexity index is 804. The molecule has 0 aliphatic heterocycles. The van der Waals surface area contributed by atoms with Gasteiger partial charge in [-0.3, -0.25) is 9.36 Å². The maximum Gasteiger partial charge on any atom is 0.261 e. The van der Waals surface area contributed by atoms with Crippen LogP contribution in [0.25, 0.3) is 17.0 Å². The van der Waals surface area contributed by atoms with Crippen LogP contribution in [0.5, 0.6) is 0 Å². The van der Waals surface area contributed by atoms with Gasteiger partial charge < -0.3 is 0 Å². The van der Waals surface area contributed by atoms with E-state index in [9.17, 15) is 4.79 Å². The molecule has 0 radical (unpaired) electrons. The van der Waals surface area contributed by atoms with Crippen molar-refractivity contribution in [1.82, 2.24) is 9.55 Å². The lowest BCUT2D eigenvalue weighted by atomic mass is 10.2. The Morgan fingerprint density at radius 1 is 1.00 bits per heavy atom. The third kappa shape index (κ3) is 2.52. The second-order valence-electron chi connectivity index (χ2n) is 4.53. The summed E-state index contributed by atoms with van der Waals surface area (Å²) in [7, 11) is 0. The first-order chi connectivity index (χ1) is 9.84. The van der Waals surface area contributed by atoms with Gasteiger partial charge in [0, 0.05) is 6.54 Å². The maximum absolute atomic E-state index is 12.3. The summed E-state index contributed by atoms with van der Waals surface area (Å²) < 4.78 is 1.61. The van der Waals surface area contributed by atoms with E-state index in [4.69, 9.17) is 0 Å². The smallest absolute Gasteiger partial charge is 0.261 e. The second-order valence-corrected chi connectivity index (χ2v) is 4.53. The number of allylic oxidation sites excluding steroid dienone is 1. The fraction of sp³-hybridized carbons (Fsp3) is 0.0588. The summed E-state index contributed by atoms with van der Waals surface area (Å²) in [5.74, 6) is 0. The highest BCUT2D eigenvalue weighted by Gasteiger charge is 2.01. The van der Waals surface area contributed by atoms with E-state index in [1.807, 2.05) is 66.7 Å². The molecule has 0 unspecified atom stereocenters. The highest BCUT2D eigenvalue weighted by atomic mass is 16.1. The average Bonchev–Trinajstić information content (AvgIpc) is 2.51. The minimum atomic E-state index is -0.00619. The normalized spacial score (nSPS) is 11.2. The molecular weight excluding hydrogens is 248 g/mol. The first kappa shape index (κ1) is 12.4. The summed E-state index contributed by atoms with van der Waals surface area (Å²) in [5, 5.41) is 0.656. The first-order valence-corrected chi connectivity index (χ1v) is 6.50. The zero-order valence-electron chi connectivity index (χ0n) is 10.9. The summed E-state index contributed by atoms with van der Waals surface area (Å²) in [6, 6.07) is 17.4. The predicted molar refractivity (Wildman–Crippen MR) is 81.5 cm³/mol. The summed E-state index contributed by atoms with van der Waals surface area (Å²) in [4.78, 5) is 16.6. The molecule has 0 saturated heterocycles. The number of para-hydroxylation sites is 1. The molecule has 0 aliphatic carbocycles. The van der Waals surface area contributed by atoms with Crippen LogP contribution >= 0.6 is 0 Å². The topological polar surface area (TPSA) is 34.9 Å². The van der Waals surface area contributed by atoms with E-state index in [0.29, 0.717) is 11.9 Å². The van der Waals surface area contributed by atoms with Gasteiger partial charge in [-0.05, 0) is 17.7 Å². The van der Waals surface area contributed by atoms with Gasteiger partial charge in [-0.15, -0.1) is 0 Å². The van der Waals surface area contributed by atoms with Crippen molar-refractivity contribution in [3.05, 3.63) is 82.9 Å². The summed E-state index contributed by atoms with van der Waals surface area (Å²) >= 11 is 0. The van der Waals surface area contributed by atoms with Crippen LogP contribution in [-0.2, 0) is 6.54 Å². The van der Waals surface area contributed by atoms with Crippen LogP contribution in [-0.4, -0.2) is 9.55 Å². The number of rotatable bonds is 3. The maximum atomic E-state index is 12.3. The van der Waals surface area contributed by atoms with Crippen molar-refractivity contribution in [2.75, 3.05) is 0 Å². The molecule has 0 fully saturated rings. The van der Waals surface area contributed by atoms with Gasteiger partial charge in [0.25, 0.3) is 5.56 Å². The van der Waals surface area contributed by atoms with Crippen LogP contribution in [0, 0.1) is 0 Å². The third-order valence-electron chi connectivity index (χ3n) is 3.14. The lowest BCUT2D eigenvalue weighted by Crippen LogP contribution is -2.19. The number of fused-ring (bicyclic) bond motifs is 1. The van der Waals surface area contributed by atoms with Crippen molar-refractivity contribution < 1.29 is 0 Å². The van der Waals surface area contributed by atoms with Gasteiger partial charge in [0.15, 0.2) is 0 Å².